The predicted octanol–water partition coefficient (Wildman–Crippen LogP) is 3.86. The Balaban J connectivity index is 1.95. The van der Waals surface area contributed by atoms with Crippen molar-refractivity contribution in [2.75, 3.05) is 20.1 Å². The van der Waals surface area contributed by atoms with E-state index in [-0.39, 0.29) is 23.4 Å². The average Bonchev–Trinajstić information content (AvgIpc) is 2.49. The third kappa shape index (κ3) is 3.06. The summed E-state index contributed by atoms with van der Waals surface area (Å²) in [5.74, 6) is -0.715. The van der Waals surface area contributed by atoms with Gasteiger partial charge in [0.15, 0.2) is 0 Å². The molecule has 2 nitrogen and oxygen atoms in total. The molecule has 4 heteroatoms. The minimum Gasteiger partial charge on any atom is -0.304 e. The van der Waals surface area contributed by atoms with Crippen LogP contribution in [-0.2, 0) is 4.79 Å². The van der Waals surface area contributed by atoms with Crippen molar-refractivity contribution in [1.82, 2.24) is 4.90 Å². The molecule has 114 valence electrons. The van der Waals surface area contributed by atoms with E-state index < -0.39 is 0 Å². The molecule has 22 heavy (non-hydrogen) atoms. The number of likely N-dealkylation sites (N-methyl/N-ethyl adjacent to an activating group) is 1. The second kappa shape index (κ2) is 6.19. The second-order valence-electron chi connectivity index (χ2n) is 5.84. The highest BCUT2D eigenvalue weighted by atomic mass is 35.5. The Kier molecular flexibility index (Phi) is 4.27. The van der Waals surface area contributed by atoms with Gasteiger partial charge in [-0.25, -0.2) is 4.39 Å². The minimum absolute atomic E-state index is 0.131. The second-order valence-corrected chi connectivity index (χ2v) is 6.28. The zero-order valence-corrected chi connectivity index (χ0v) is 13.1. The van der Waals surface area contributed by atoms with E-state index >= 15 is 0 Å². The lowest BCUT2D eigenvalue weighted by Gasteiger charge is -2.35. The van der Waals surface area contributed by atoms with Gasteiger partial charge in [0, 0.05) is 18.1 Å². The van der Waals surface area contributed by atoms with Gasteiger partial charge in [-0.1, -0.05) is 35.9 Å². The van der Waals surface area contributed by atoms with Crippen molar-refractivity contribution < 1.29 is 9.18 Å². The average molecular weight is 318 g/mol. The Morgan fingerprint density at radius 1 is 1.05 bits per heavy atom. The summed E-state index contributed by atoms with van der Waals surface area (Å²) in [4.78, 5) is 15.0. The van der Waals surface area contributed by atoms with Crippen LogP contribution in [0.1, 0.15) is 23.0 Å². The van der Waals surface area contributed by atoms with Gasteiger partial charge in [0.1, 0.15) is 11.6 Å². The van der Waals surface area contributed by atoms with Gasteiger partial charge < -0.3 is 4.90 Å². The summed E-state index contributed by atoms with van der Waals surface area (Å²) in [6.07, 6.45) is 0. The van der Waals surface area contributed by atoms with Crippen LogP contribution in [-0.4, -0.2) is 30.8 Å². The third-order valence-electron chi connectivity index (χ3n) is 4.18. The van der Waals surface area contributed by atoms with Gasteiger partial charge >= 0.3 is 0 Å². The quantitative estimate of drug-likeness (QED) is 0.838. The first-order valence-electron chi connectivity index (χ1n) is 7.28. The van der Waals surface area contributed by atoms with Crippen molar-refractivity contribution >= 4 is 17.4 Å². The largest absolute Gasteiger partial charge is 0.304 e. The molecule has 0 N–H and O–H groups in total. The fourth-order valence-corrected chi connectivity index (χ4v) is 3.31. The molecule has 1 aliphatic heterocycles. The highest BCUT2D eigenvalue weighted by Gasteiger charge is 2.35. The molecule has 2 atom stereocenters. The number of hydrogen-bond donors (Lipinski definition) is 0. The van der Waals surface area contributed by atoms with Crippen LogP contribution in [0.25, 0.3) is 0 Å². The van der Waals surface area contributed by atoms with Crippen molar-refractivity contribution in [2.24, 2.45) is 0 Å². The molecule has 1 heterocycles. The lowest BCUT2D eigenvalue weighted by molar-refractivity contribution is -0.124. The maximum absolute atomic E-state index is 13.5. The number of hydrogen-bond acceptors (Lipinski definition) is 2. The first-order valence-corrected chi connectivity index (χ1v) is 7.65. The SMILES string of the molecule is CN1CC(c2cccc(F)c2)C(=O)C(c2cccc(Cl)c2)C1. The van der Waals surface area contributed by atoms with E-state index in [4.69, 9.17) is 11.6 Å². The monoisotopic (exact) mass is 317 g/mol. The molecule has 0 aliphatic carbocycles. The van der Waals surface area contributed by atoms with Gasteiger partial charge in [0.25, 0.3) is 0 Å². The standard InChI is InChI=1S/C18H17ClFNO/c1-21-10-16(12-4-2-6-14(19)8-12)18(22)17(11-21)13-5-3-7-15(20)9-13/h2-9,16-17H,10-11H2,1H3. The Hall–Kier alpha value is -1.71. The van der Waals surface area contributed by atoms with Gasteiger partial charge in [0.05, 0.1) is 11.8 Å². The minimum atomic E-state index is -0.308. The van der Waals surface area contributed by atoms with Crippen molar-refractivity contribution in [1.29, 1.82) is 0 Å². The van der Waals surface area contributed by atoms with Crippen LogP contribution >= 0.6 is 11.6 Å². The molecule has 0 saturated carbocycles. The molecular formula is C18H17ClFNO. The summed E-state index contributed by atoms with van der Waals surface area (Å²) in [5, 5.41) is 0.626. The smallest absolute Gasteiger partial charge is 0.150 e. The predicted molar refractivity (Wildman–Crippen MR) is 85.8 cm³/mol. The normalized spacial score (nSPS) is 22.8. The van der Waals surface area contributed by atoms with Crippen molar-refractivity contribution in [3.63, 3.8) is 0 Å². The number of benzene rings is 2. The number of carbonyl (C=O) groups is 1. The molecule has 3 rings (SSSR count). The Morgan fingerprint density at radius 3 is 2.23 bits per heavy atom. The summed E-state index contributed by atoms with van der Waals surface area (Å²) in [6, 6.07) is 13.7. The van der Waals surface area contributed by atoms with Gasteiger partial charge in [-0.3, -0.25) is 4.79 Å². The zero-order valence-electron chi connectivity index (χ0n) is 12.3. The molecular weight excluding hydrogens is 301 g/mol. The van der Waals surface area contributed by atoms with Crippen LogP contribution < -0.4 is 0 Å². The van der Waals surface area contributed by atoms with Crippen LogP contribution in [0, 0.1) is 5.82 Å². The molecule has 1 aliphatic rings. The molecule has 2 aromatic carbocycles. The van der Waals surface area contributed by atoms with E-state index in [1.807, 2.05) is 31.3 Å². The molecule has 0 spiro atoms. The number of carbonyl (C=O) groups excluding carboxylic acids is 1. The summed E-state index contributed by atoms with van der Waals surface area (Å²) in [6.45, 7) is 1.27. The van der Waals surface area contributed by atoms with Crippen molar-refractivity contribution in [3.05, 3.63) is 70.5 Å². The summed E-state index contributed by atoms with van der Waals surface area (Å²) in [5.41, 5.74) is 1.66. The molecule has 1 fully saturated rings. The van der Waals surface area contributed by atoms with E-state index in [1.165, 1.54) is 12.1 Å². The van der Waals surface area contributed by atoms with Crippen LogP contribution in [0.2, 0.25) is 5.02 Å². The number of rotatable bonds is 2. The summed E-state index contributed by atoms with van der Waals surface area (Å²) >= 11 is 6.05. The van der Waals surface area contributed by atoms with E-state index in [0.29, 0.717) is 18.1 Å². The van der Waals surface area contributed by atoms with Crippen LogP contribution in [0.15, 0.2) is 48.5 Å². The maximum Gasteiger partial charge on any atom is 0.150 e. The molecule has 0 aromatic heterocycles. The molecule has 2 aromatic rings. The van der Waals surface area contributed by atoms with Crippen LogP contribution in [0.5, 0.6) is 0 Å². The van der Waals surface area contributed by atoms with Gasteiger partial charge in [0.2, 0.25) is 0 Å². The molecule has 2 unspecified atom stereocenters. The van der Waals surface area contributed by atoms with E-state index in [0.717, 1.165) is 11.1 Å². The summed E-state index contributed by atoms with van der Waals surface area (Å²) < 4.78 is 13.5. The lowest BCUT2D eigenvalue weighted by atomic mass is 9.80. The van der Waals surface area contributed by atoms with Gasteiger partial charge in [-0.2, -0.15) is 0 Å². The topological polar surface area (TPSA) is 20.3 Å². The number of nitrogens with zero attached hydrogens (tertiary/aromatic N) is 1. The number of halogens is 2. The third-order valence-corrected chi connectivity index (χ3v) is 4.41. The number of ketones is 1. The van der Waals surface area contributed by atoms with Crippen molar-refractivity contribution in [2.45, 2.75) is 11.8 Å². The molecule has 1 saturated heterocycles. The van der Waals surface area contributed by atoms with Crippen LogP contribution in [0.3, 0.4) is 0 Å². The fourth-order valence-electron chi connectivity index (χ4n) is 3.11. The van der Waals surface area contributed by atoms with Crippen LogP contribution in [0.4, 0.5) is 4.39 Å². The number of likely N-dealkylation sites (tertiary alicyclic amines) is 1. The maximum atomic E-state index is 13.5. The summed E-state index contributed by atoms with van der Waals surface area (Å²) in [7, 11) is 1.98. The van der Waals surface area contributed by atoms with Gasteiger partial charge in [-0.05, 0) is 42.4 Å². The molecule has 0 radical (unpaired) electrons. The Bertz CT molecular complexity index is 645. The lowest BCUT2D eigenvalue weighted by Crippen LogP contribution is -2.42. The Labute approximate surface area is 134 Å². The van der Waals surface area contributed by atoms with E-state index in [9.17, 15) is 9.18 Å². The number of piperidine rings is 1. The van der Waals surface area contributed by atoms with Gasteiger partial charge in [-0.15, -0.1) is 0 Å². The fraction of sp³-hybridized carbons (Fsp3) is 0.278. The zero-order chi connectivity index (χ0) is 15.7. The van der Waals surface area contributed by atoms with E-state index in [2.05, 4.69) is 4.90 Å². The number of Topliss-reactive ketones (excluding diaryl/α,β-unsaturated/α-hetero) is 1. The van der Waals surface area contributed by atoms with E-state index in [1.54, 1.807) is 12.1 Å². The molecule has 0 bridgehead atoms. The first kappa shape index (κ1) is 15.2. The molecule has 0 amide bonds. The highest BCUT2D eigenvalue weighted by Crippen LogP contribution is 2.33. The highest BCUT2D eigenvalue weighted by molar-refractivity contribution is 6.30. The van der Waals surface area contributed by atoms with Crippen molar-refractivity contribution in [3.8, 4) is 0 Å². The first-order chi connectivity index (χ1) is 10.5. The Morgan fingerprint density at radius 2 is 1.64 bits per heavy atom.